The Balaban J connectivity index is 2.09. The predicted molar refractivity (Wildman–Crippen MR) is 75.4 cm³/mol. The molecule has 1 amide bonds. The molecule has 1 aromatic heterocycles. The lowest BCUT2D eigenvalue weighted by molar-refractivity contribution is 0.0945. The molecule has 0 saturated heterocycles. The highest BCUT2D eigenvalue weighted by atomic mass is 16.5. The normalized spacial score (nSPS) is 10.6. The summed E-state index contributed by atoms with van der Waals surface area (Å²) in [4.78, 5) is 15.3. The number of nitrogens with zero attached hydrogens (tertiary/aromatic N) is 3. The number of nitrogens with two attached hydrogens (primary N) is 1. The van der Waals surface area contributed by atoms with Crippen molar-refractivity contribution in [2.24, 2.45) is 5.10 Å². The summed E-state index contributed by atoms with van der Waals surface area (Å²) in [5.41, 5.74) is 8.25. The monoisotopic (exact) mass is 290 g/mol. The van der Waals surface area contributed by atoms with Crippen LogP contribution < -0.4 is 20.6 Å². The number of nitrogens with one attached hydrogen (secondary N) is 2. The van der Waals surface area contributed by atoms with Crippen LogP contribution in [0.4, 0.5) is 5.95 Å². The summed E-state index contributed by atoms with van der Waals surface area (Å²) < 4.78 is 10.4. The second-order valence-electron chi connectivity index (χ2n) is 3.82. The standard InChI is InChI=1S/C12H14N6O3/c1-20-8-5-3-4-7(9(8)21-2)6-14-17-11(19)10-15-12(13)18-16-10/h3-6H,1-2H3,(H,17,19)(H3,13,15,16,18)/b14-6-. The summed E-state index contributed by atoms with van der Waals surface area (Å²) in [6.45, 7) is 0. The molecule has 0 radical (unpaired) electrons. The highest BCUT2D eigenvalue weighted by Crippen LogP contribution is 2.29. The average molecular weight is 290 g/mol. The number of ether oxygens (including phenoxy) is 2. The van der Waals surface area contributed by atoms with E-state index >= 15 is 0 Å². The fraction of sp³-hybridized carbons (Fsp3) is 0.167. The molecule has 0 aliphatic heterocycles. The zero-order valence-corrected chi connectivity index (χ0v) is 11.5. The van der Waals surface area contributed by atoms with E-state index in [0.29, 0.717) is 17.1 Å². The van der Waals surface area contributed by atoms with Crippen LogP contribution in [0, 0.1) is 0 Å². The van der Waals surface area contributed by atoms with E-state index in [-0.39, 0.29) is 11.8 Å². The van der Waals surface area contributed by atoms with Gasteiger partial charge in [-0.05, 0) is 12.1 Å². The third-order valence-corrected chi connectivity index (χ3v) is 2.52. The summed E-state index contributed by atoms with van der Waals surface area (Å²) in [7, 11) is 3.06. The molecule has 1 aromatic carbocycles. The molecule has 2 aromatic rings. The first-order chi connectivity index (χ1) is 10.2. The molecule has 0 spiro atoms. The van der Waals surface area contributed by atoms with Crippen LogP contribution in [0.15, 0.2) is 23.3 Å². The van der Waals surface area contributed by atoms with Gasteiger partial charge in [0.05, 0.1) is 20.4 Å². The molecule has 0 aliphatic rings. The van der Waals surface area contributed by atoms with Crippen molar-refractivity contribution in [3.8, 4) is 11.5 Å². The van der Waals surface area contributed by atoms with Crippen molar-refractivity contribution in [2.45, 2.75) is 0 Å². The third kappa shape index (κ3) is 3.26. The highest BCUT2D eigenvalue weighted by Gasteiger charge is 2.10. The molecule has 2 rings (SSSR count). The van der Waals surface area contributed by atoms with Crippen molar-refractivity contribution in [2.75, 3.05) is 20.0 Å². The molecule has 9 nitrogen and oxygen atoms in total. The number of benzene rings is 1. The molecule has 110 valence electrons. The summed E-state index contributed by atoms with van der Waals surface area (Å²) in [5, 5.41) is 9.75. The van der Waals surface area contributed by atoms with Gasteiger partial charge in [0.25, 0.3) is 0 Å². The number of H-pyrrole nitrogens is 1. The van der Waals surface area contributed by atoms with E-state index in [2.05, 4.69) is 25.7 Å². The maximum atomic E-state index is 11.7. The summed E-state index contributed by atoms with van der Waals surface area (Å²) in [6.07, 6.45) is 1.43. The number of aromatic amines is 1. The number of amides is 1. The summed E-state index contributed by atoms with van der Waals surface area (Å²) in [5.74, 6) is 0.482. The van der Waals surface area contributed by atoms with E-state index in [0.717, 1.165) is 0 Å². The van der Waals surface area contributed by atoms with Gasteiger partial charge in [-0.15, -0.1) is 5.10 Å². The van der Waals surface area contributed by atoms with E-state index in [1.54, 1.807) is 18.2 Å². The molecule has 0 saturated carbocycles. The predicted octanol–water partition coefficient (Wildman–Crippen LogP) is 0.168. The average Bonchev–Trinajstić information content (AvgIpc) is 2.93. The number of hydrogen-bond acceptors (Lipinski definition) is 7. The summed E-state index contributed by atoms with van der Waals surface area (Å²) in [6, 6.07) is 5.30. The number of rotatable bonds is 5. The van der Waals surface area contributed by atoms with Crippen LogP contribution in [-0.4, -0.2) is 41.5 Å². The second-order valence-corrected chi connectivity index (χ2v) is 3.82. The van der Waals surface area contributed by atoms with Gasteiger partial charge in [0.15, 0.2) is 11.5 Å². The summed E-state index contributed by atoms with van der Waals surface area (Å²) >= 11 is 0. The van der Waals surface area contributed by atoms with Crippen molar-refractivity contribution in [3.05, 3.63) is 29.6 Å². The lowest BCUT2D eigenvalue weighted by Crippen LogP contribution is -2.19. The molecular formula is C12H14N6O3. The van der Waals surface area contributed by atoms with Gasteiger partial charge < -0.3 is 15.2 Å². The fourth-order valence-corrected chi connectivity index (χ4v) is 1.60. The van der Waals surface area contributed by atoms with Crippen molar-refractivity contribution in [3.63, 3.8) is 0 Å². The van der Waals surface area contributed by atoms with Crippen LogP contribution in [0.3, 0.4) is 0 Å². The van der Waals surface area contributed by atoms with Gasteiger partial charge in [-0.3, -0.25) is 9.89 Å². The SMILES string of the molecule is COc1cccc(/C=N\NC(=O)c2nc(N)n[nH]2)c1OC. The van der Waals surface area contributed by atoms with Crippen molar-refractivity contribution in [1.29, 1.82) is 0 Å². The van der Waals surface area contributed by atoms with Gasteiger partial charge in [-0.1, -0.05) is 6.07 Å². The minimum Gasteiger partial charge on any atom is -0.493 e. The molecule has 1 heterocycles. The first-order valence-corrected chi connectivity index (χ1v) is 5.88. The highest BCUT2D eigenvalue weighted by molar-refractivity contribution is 5.92. The fourth-order valence-electron chi connectivity index (χ4n) is 1.60. The Kier molecular flexibility index (Phi) is 4.34. The number of para-hydroxylation sites is 1. The smallest absolute Gasteiger partial charge is 0.308 e. The number of carbonyl (C=O) groups excluding carboxylic acids is 1. The number of carbonyl (C=O) groups is 1. The lowest BCUT2D eigenvalue weighted by Gasteiger charge is -2.09. The van der Waals surface area contributed by atoms with Gasteiger partial charge in [-0.2, -0.15) is 10.1 Å². The topological polar surface area (TPSA) is 128 Å². The van der Waals surface area contributed by atoms with E-state index in [1.807, 2.05) is 0 Å². The number of hydrogen-bond donors (Lipinski definition) is 3. The first kappa shape index (κ1) is 14.3. The maximum absolute atomic E-state index is 11.7. The van der Waals surface area contributed by atoms with Crippen molar-refractivity contribution < 1.29 is 14.3 Å². The van der Waals surface area contributed by atoms with Gasteiger partial charge in [0.2, 0.25) is 11.8 Å². The van der Waals surface area contributed by atoms with E-state index in [4.69, 9.17) is 15.2 Å². The van der Waals surface area contributed by atoms with E-state index in [1.165, 1.54) is 20.4 Å². The zero-order valence-electron chi connectivity index (χ0n) is 11.5. The number of anilines is 1. The van der Waals surface area contributed by atoms with Crippen molar-refractivity contribution >= 4 is 18.1 Å². The van der Waals surface area contributed by atoms with Crippen LogP contribution in [0.1, 0.15) is 16.2 Å². The largest absolute Gasteiger partial charge is 0.493 e. The van der Waals surface area contributed by atoms with Gasteiger partial charge in [-0.25, -0.2) is 5.43 Å². The van der Waals surface area contributed by atoms with Gasteiger partial charge in [0, 0.05) is 5.56 Å². The molecule has 0 fully saturated rings. The Morgan fingerprint density at radius 2 is 2.24 bits per heavy atom. The number of aromatic nitrogens is 3. The first-order valence-electron chi connectivity index (χ1n) is 5.88. The molecule has 9 heteroatoms. The molecule has 0 atom stereocenters. The second kappa shape index (κ2) is 6.37. The molecular weight excluding hydrogens is 276 g/mol. The van der Waals surface area contributed by atoms with Crippen molar-refractivity contribution in [1.82, 2.24) is 20.6 Å². The molecule has 4 N–H and O–H groups in total. The Labute approximate surface area is 120 Å². The Hall–Kier alpha value is -3.10. The van der Waals surface area contributed by atoms with Crippen LogP contribution in [-0.2, 0) is 0 Å². The van der Waals surface area contributed by atoms with Crippen LogP contribution in [0.2, 0.25) is 0 Å². The minimum atomic E-state index is -0.558. The van der Waals surface area contributed by atoms with Crippen LogP contribution in [0.5, 0.6) is 11.5 Å². The molecule has 0 bridgehead atoms. The third-order valence-electron chi connectivity index (χ3n) is 2.52. The van der Waals surface area contributed by atoms with E-state index < -0.39 is 5.91 Å². The lowest BCUT2D eigenvalue weighted by atomic mass is 10.2. The van der Waals surface area contributed by atoms with Crippen LogP contribution in [0.25, 0.3) is 0 Å². The molecule has 21 heavy (non-hydrogen) atoms. The van der Waals surface area contributed by atoms with E-state index in [9.17, 15) is 4.79 Å². The Morgan fingerprint density at radius 3 is 2.86 bits per heavy atom. The quantitative estimate of drug-likeness (QED) is 0.532. The number of hydrazone groups is 1. The maximum Gasteiger partial charge on any atom is 0.308 e. The molecule has 0 aliphatic carbocycles. The Bertz CT molecular complexity index is 667. The van der Waals surface area contributed by atoms with Gasteiger partial charge >= 0.3 is 5.91 Å². The minimum absolute atomic E-state index is 0.0152. The number of methoxy groups -OCH3 is 2. The zero-order chi connectivity index (χ0) is 15.2. The Morgan fingerprint density at radius 1 is 1.43 bits per heavy atom. The molecule has 0 unspecified atom stereocenters. The number of nitrogen functional groups attached to an aromatic ring is 1. The van der Waals surface area contributed by atoms with Gasteiger partial charge in [0.1, 0.15) is 0 Å². The van der Waals surface area contributed by atoms with Crippen LogP contribution >= 0.6 is 0 Å².